The molecule has 1 saturated heterocycles. The van der Waals surface area contributed by atoms with E-state index in [1.54, 1.807) is 22.8 Å². The molecule has 8 nitrogen and oxygen atoms in total. The van der Waals surface area contributed by atoms with Gasteiger partial charge in [0.25, 0.3) is 11.8 Å². The molecule has 2 amide bonds. The zero-order valence-electron chi connectivity index (χ0n) is 14.3. The van der Waals surface area contributed by atoms with Crippen molar-refractivity contribution in [2.45, 2.75) is 13.0 Å². The van der Waals surface area contributed by atoms with Gasteiger partial charge in [-0.05, 0) is 30.6 Å². The van der Waals surface area contributed by atoms with E-state index >= 15 is 0 Å². The number of amides is 2. The molecule has 136 valence electrons. The number of aromatic nitrogens is 2. The lowest BCUT2D eigenvalue weighted by atomic mass is 10.2. The average Bonchev–Trinajstić information content (AvgIpc) is 3.12. The zero-order valence-corrected chi connectivity index (χ0v) is 15.1. The fourth-order valence-corrected chi connectivity index (χ4v) is 3.67. The summed E-state index contributed by atoms with van der Waals surface area (Å²) in [5.74, 6) is 1.05. The Kier molecular flexibility index (Phi) is 4.46. The number of aryl methyl sites for hydroxylation is 1. The fraction of sp³-hybridized carbons (Fsp3) is 0.412. The highest BCUT2D eigenvalue weighted by Crippen LogP contribution is 2.31. The summed E-state index contributed by atoms with van der Waals surface area (Å²) in [7, 11) is 0. The van der Waals surface area contributed by atoms with Gasteiger partial charge in [0, 0.05) is 26.2 Å². The van der Waals surface area contributed by atoms with Gasteiger partial charge >= 0.3 is 0 Å². The Hall–Kier alpha value is -2.68. The summed E-state index contributed by atoms with van der Waals surface area (Å²) >= 11 is 1.11. The highest BCUT2D eigenvalue weighted by atomic mass is 32.1. The van der Waals surface area contributed by atoms with Gasteiger partial charge in [0.05, 0.1) is 5.69 Å². The third-order valence-electron chi connectivity index (χ3n) is 4.51. The van der Waals surface area contributed by atoms with E-state index in [-0.39, 0.29) is 18.4 Å². The Morgan fingerprint density at radius 3 is 2.50 bits per heavy atom. The molecule has 0 aliphatic carbocycles. The van der Waals surface area contributed by atoms with Crippen LogP contribution in [0.2, 0.25) is 0 Å². The van der Waals surface area contributed by atoms with Gasteiger partial charge in [0.1, 0.15) is 11.5 Å². The van der Waals surface area contributed by atoms with Gasteiger partial charge in [0.15, 0.2) is 11.5 Å². The molecule has 4 rings (SSSR count). The topological polar surface area (TPSA) is 84.9 Å². The summed E-state index contributed by atoms with van der Waals surface area (Å²) in [5.41, 5.74) is 0.643. The van der Waals surface area contributed by atoms with Crippen LogP contribution in [0.5, 0.6) is 11.5 Å². The summed E-state index contributed by atoms with van der Waals surface area (Å²) in [6, 6.07) is 7.31. The molecule has 0 radical (unpaired) electrons. The van der Waals surface area contributed by atoms with Gasteiger partial charge < -0.3 is 19.3 Å². The second-order valence-electron chi connectivity index (χ2n) is 6.17. The predicted molar refractivity (Wildman–Crippen MR) is 93.5 cm³/mol. The predicted octanol–water partition coefficient (Wildman–Crippen LogP) is 0.971. The van der Waals surface area contributed by atoms with Crippen molar-refractivity contribution in [1.82, 2.24) is 19.4 Å². The Morgan fingerprint density at radius 1 is 1.12 bits per heavy atom. The van der Waals surface area contributed by atoms with Crippen LogP contribution < -0.4 is 9.47 Å². The first-order chi connectivity index (χ1) is 12.6. The average molecular weight is 374 g/mol. The van der Waals surface area contributed by atoms with Crippen LogP contribution in [0, 0.1) is 6.92 Å². The molecular formula is C17H18N4O4S. The number of ether oxygens (including phenoxy) is 2. The molecular weight excluding hydrogens is 356 g/mol. The molecule has 0 spiro atoms. The zero-order chi connectivity index (χ0) is 18.1. The summed E-state index contributed by atoms with van der Waals surface area (Å²) in [6.07, 6.45) is -0.653. The molecule has 2 aromatic rings. The Bertz CT molecular complexity index is 832. The van der Waals surface area contributed by atoms with E-state index in [4.69, 9.17) is 9.47 Å². The van der Waals surface area contributed by atoms with Crippen molar-refractivity contribution in [3.05, 3.63) is 34.8 Å². The van der Waals surface area contributed by atoms with Crippen LogP contribution in [0.3, 0.4) is 0 Å². The lowest BCUT2D eigenvalue weighted by Gasteiger charge is -2.37. The molecule has 9 heteroatoms. The molecule has 0 N–H and O–H groups in total. The minimum atomic E-state index is -0.653. The van der Waals surface area contributed by atoms with Crippen molar-refractivity contribution in [2.75, 3.05) is 32.8 Å². The summed E-state index contributed by atoms with van der Waals surface area (Å²) in [4.78, 5) is 29.2. The molecule has 2 aliphatic rings. The maximum Gasteiger partial charge on any atom is 0.267 e. The summed E-state index contributed by atoms with van der Waals surface area (Å²) in [5, 5.41) is 3.88. The van der Waals surface area contributed by atoms with E-state index < -0.39 is 6.10 Å². The monoisotopic (exact) mass is 374 g/mol. The number of piperazine rings is 1. The second-order valence-corrected chi connectivity index (χ2v) is 6.92. The number of rotatable bonds is 2. The molecule has 0 saturated carbocycles. The fourth-order valence-electron chi connectivity index (χ4n) is 3.05. The quantitative estimate of drug-likeness (QED) is 0.779. The van der Waals surface area contributed by atoms with Gasteiger partial charge in [-0.25, -0.2) is 0 Å². The van der Waals surface area contributed by atoms with Crippen molar-refractivity contribution in [3.63, 3.8) is 0 Å². The number of para-hydroxylation sites is 2. The third kappa shape index (κ3) is 3.10. The number of carbonyl (C=O) groups is 2. The Morgan fingerprint density at radius 2 is 1.81 bits per heavy atom. The van der Waals surface area contributed by atoms with E-state index in [0.29, 0.717) is 48.2 Å². The maximum absolute atomic E-state index is 12.7. The van der Waals surface area contributed by atoms with Crippen LogP contribution in [-0.4, -0.2) is 70.1 Å². The van der Waals surface area contributed by atoms with Crippen molar-refractivity contribution < 1.29 is 19.1 Å². The van der Waals surface area contributed by atoms with Gasteiger partial charge in [-0.15, -0.1) is 5.10 Å². The van der Waals surface area contributed by atoms with Gasteiger partial charge in [-0.3, -0.25) is 9.59 Å². The number of hydrogen-bond donors (Lipinski definition) is 0. The Balaban J connectivity index is 1.36. The first-order valence-electron chi connectivity index (χ1n) is 8.39. The highest BCUT2D eigenvalue weighted by molar-refractivity contribution is 7.07. The second kappa shape index (κ2) is 6.91. The number of carbonyl (C=O) groups excluding carboxylic acids is 2. The van der Waals surface area contributed by atoms with E-state index in [1.807, 2.05) is 18.2 Å². The molecule has 3 heterocycles. The van der Waals surface area contributed by atoms with Crippen LogP contribution >= 0.6 is 11.5 Å². The SMILES string of the molecule is Cc1nnsc1C(=O)N1CCN(C(=O)[C@H]2COc3ccccc3O2)CC1. The first-order valence-corrected chi connectivity index (χ1v) is 9.16. The van der Waals surface area contributed by atoms with Crippen molar-refractivity contribution in [2.24, 2.45) is 0 Å². The molecule has 0 unspecified atom stereocenters. The van der Waals surface area contributed by atoms with E-state index in [0.717, 1.165) is 11.5 Å². The molecule has 2 aliphatic heterocycles. The van der Waals surface area contributed by atoms with E-state index in [2.05, 4.69) is 9.59 Å². The number of benzene rings is 1. The third-order valence-corrected chi connectivity index (χ3v) is 5.32. The van der Waals surface area contributed by atoms with Gasteiger partial charge in [-0.1, -0.05) is 16.6 Å². The van der Waals surface area contributed by atoms with Crippen molar-refractivity contribution >= 4 is 23.3 Å². The normalized spacial score (nSPS) is 19.3. The van der Waals surface area contributed by atoms with Crippen LogP contribution in [0.25, 0.3) is 0 Å². The van der Waals surface area contributed by atoms with Gasteiger partial charge in [0.2, 0.25) is 6.10 Å². The molecule has 26 heavy (non-hydrogen) atoms. The van der Waals surface area contributed by atoms with Crippen LogP contribution in [0.15, 0.2) is 24.3 Å². The standard InChI is InChI=1S/C17H18N4O4S/c1-11-15(26-19-18-11)17(23)21-8-6-20(7-9-21)16(22)14-10-24-12-4-2-3-5-13(12)25-14/h2-5,14H,6-10H2,1H3/t14-/m1/s1. The van der Waals surface area contributed by atoms with Crippen LogP contribution in [0.1, 0.15) is 15.4 Å². The molecule has 1 aromatic heterocycles. The molecule has 1 aromatic carbocycles. The molecule has 1 atom stereocenters. The lowest BCUT2D eigenvalue weighted by molar-refractivity contribution is -0.142. The minimum Gasteiger partial charge on any atom is -0.485 e. The smallest absolute Gasteiger partial charge is 0.267 e. The number of fused-ring (bicyclic) bond motifs is 1. The van der Waals surface area contributed by atoms with Crippen molar-refractivity contribution in [3.8, 4) is 11.5 Å². The summed E-state index contributed by atoms with van der Waals surface area (Å²) < 4.78 is 15.2. The summed E-state index contributed by atoms with van der Waals surface area (Å²) in [6.45, 7) is 3.86. The highest BCUT2D eigenvalue weighted by Gasteiger charge is 2.34. The van der Waals surface area contributed by atoms with E-state index in [1.165, 1.54) is 0 Å². The number of hydrogen-bond acceptors (Lipinski definition) is 7. The van der Waals surface area contributed by atoms with E-state index in [9.17, 15) is 9.59 Å². The first kappa shape index (κ1) is 16.8. The molecule has 1 fully saturated rings. The number of nitrogens with zero attached hydrogens (tertiary/aromatic N) is 4. The van der Waals surface area contributed by atoms with Crippen molar-refractivity contribution in [1.29, 1.82) is 0 Å². The molecule has 0 bridgehead atoms. The van der Waals surface area contributed by atoms with Crippen LogP contribution in [0.4, 0.5) is 0 Å². The lowest BCUT2D eigenvalue weighted by Crippen LogP contribution is -2.55. The van der Waals surface area contributed by atoms with Crippen LogP contribution in [-0.2, 0) is 4.79 Å². The maximum atomic E-state index is 12.7. The van der Waals surface area contributed by atoms with Gasteiger partial charge in [-0.2, -0.15) is 0 Å². The largest absolute Gasteiger partial charge is 0.485 e. The Labute approximate surface area is 154 Å². The minimum absolute atomic E-state index is 0.0734.